The van der Waals surface area contributed by atoms with Crippen molar-refractivity contribution in [1.29, 1.82) is 0 Å². The first-order valence-corrected chi connectivity index (χ1v) is 14.0. The summed E-state index contributed by atoms with van der Waals surface area (Å²) in [7, 11) is 0. The monoisotopic (exact) mass is 468 g/mol. The second-order valence-corrected chi connectivity index (χ2v) is 14.4. The Hall–Kier alpha value is -1.32. The van der Waals surface area contributed by atoms with Crippen molar-refractivity contribution in [3.63, 3.8) is 0 Å². The summed E-state index contributed by atoms with van der Waals surface area (Å²) in [4.78, 5) is 0. The van der Waals surface area contributed by atoms with Gasteiger partial charge in [0.05, 0.1) is 11.9 Å². The van der Waals surface area contributed by atoms with E-state index in [4.69, 9.17) is 0 Å². The zero-order valence-electron chi connectivity index (χ0n) is 22.5. The van der Waals surface area contributed by atoms with Gasteiger partial charge in [0.25, 0.3) is 0 Å². The van der Waals surface area contributed by atoms with Gasteiger partial charge in [-0.15, -0.1) is 5.16 Å². The molecule has 34 heavy (non-hydrogen) atoms. The lowest BCUT2D eigenvalue weighted by molar-refractivity contribution is -0.222. The van der Waals surface area contributed by atoms with Gasteiger partial charge in [-0.2, -0.15) is 0 Å². The molecule has 0 amide bonds. The van der Waals surface area contributed by atoms with E-state index in [1.165, 1.54) is 44.1 Å². The van der Waals surface area contributed by atoms with Gasteiger partial charge in [0.15, 0.2) is 0 Å². The largest absolute Gasteiger partial charge is 0.411 e. The highest BCUT2D eigenvalue weighted by Crippen LogP contribution is 2.77. The van der Waals surface area contributed by atoms with Gasteiger partial charge in [-0.25, -0.2) is 0 Å². The molecule has 5 fully saturated rings. The lowest BCUT2D eigenvalue weighted by Crippen LogP contribution is -2.66. The van der Waals surface area contributed by atoms with E-state index in [-0.39, 0.29) is 10.8 Å². The molecule has 9 atom stereocenters. The molecule has 4 heteroatoms. The summed E-state index contributed by atoms with van der Waals surface area (Å²) in [6, 6.07) is 0. The number of nitrogens with zero attached hydrogens (tertiary/aromatic N) is 2. The molecule has 5 saturated carbocycles. The molecule has 0 bridgehead atoms. The molecule has 0 heterocycles. The highest BCUT2D eigenvalue weighted by atomic mass is 16.4. The first-order valence-electron chi connectivity index (χ1n) is 14.0. The Morgan fingerprint density at radius 2 is 1.62 bits per heavy atom. The van der Waals surface area contributed by atoms with Gasteiger partial charge >= 0.3 is 0 Å². The number of oxime groups is 2. The first kappa shape index (κ1) is 24.4. The predicted octanol–water partition coefficient (Wildman–Crippen LogP) is 7.93. The summed E-state index contributed by atoms with van der Waals surface area (Å²) < 4.78 is 0. The molecule has 0 aromatic heterocycles. The van der Waals surface area contributed by atoms with Crippen LogP contribution in [0.25, 0.3) is 0 Å². The molecule has 0 aromatic rings. The Bertz CT molecular complexity index is 923. The summed E-state index contributed by atoms with van der Waals surface area (Å²) in [5.74, 6) is 3.06. The Balaban J connectivity index is 1.56. The Morgan fingerprint density at radius 3 is 2.26 bits per heavy atom. The van der Waals surface area contributed by atoms with Crippen molar-refractivity contribution in [3.8, 4) is 0 Å². The summed E-state index contributed by atoms with van der Waals surface area (Å²) in [6.07, 6.45) is 13.8. The van der Waals surface area contributed by atoms with Crippen molar-refractivity contribution in [2.45, 2.75) is 106 Å². The third-order valence-electron chi connectivity index (χ3n) is 13.3. The maximum atomic E-state index is 9.76. The maximum absolute atomic E-state index is 9.76. The molecule has 0 radical (unpaired) electrons. The fourth-order valence-corrected chi connectivity index (χ4v) is 11.5. The van der Waals surface area contributed by atoms with Gasteiger partial charge in [0.2, 0.25) is 0 Å². The highest BCUT2D eigenvalue weighted by molar-refractivity contribution is 5.90. The Labute approximate surface area is 207 Å². The van der Waals surface area contributed by atoms with E-state index < -0.39 is 0 Å². The van der Waals surface area contributed by atoms with Crippen LogP contribution >= 0.6 is 0 Å². The van der Waals surface area contributed by atoms with Gasteiger partial charge in [0, 0.05) is 10.8 Å². The molecule has 0 spiro atoms. The SMILES string of the molecule is C=C(C)[C@@H]1CC[C@]2(/C=N/O)CC[C@]3(C)[C@H](CCC4[C@@]5(C)CC/C(=N\O)C(C)(C)[C@@H]5CC[C@]43C)C12. The van der Waals surface area contributed by atoms with Crippen molar-refractivity contribution in [3.05, 3.63) is 12.2 Å². The number of allylic oxidation sites excluding steroid dienone is 1. The smallest absolute Gasteiger partial charge is 0.0630 e. The molecule has 0 saturated heterocycles. The van der Waals surface area contributed by atoms with Crippen LogP contribution in [0.3, 0.4) is 0 Å². The van der Waals surface area contributed by atoms with Gasteiger partial charge in [0.1, 0.15) is 0 Å². The van der Waals surface area contributed by atoms with Crippen molar-refractivity contribution in [2.75, 3.05) is 0 Å². The minimum Gasteiger partial charge on any atom is -0.411 e. The van der Waals surface area contributed by atoms with Gasteiger partial charge < -0.3 is 10.4 Å². The van der Waals surface area contributed by atoms with E-state index in [1.54, 1.807) is 0 Å². The third-order valence-corrected chi connectivity index (χ3v) is 13.3. The van der Waals surface area contributed by atoms with Crippen LogP contribution in [-0.4, -0.2) is 22.3 Å². The minimum atomic E-state index is -0.0311. The summed E-state index contributed by atoms with van der Waals surface area (Å²) >= 11 is 0. The molecule has 2 unspecified atom stereocenters. The minimum absolute atomic E-state index is 0.0311. The Morgan fingerprint density at radius 1 is 0.882 bits per heavy atom. The average Bonchev–Trinajstić information content (AvgIpc) is 3.14. The molecule has 2 N–H and O–H groups in total. The first-order chi connectivity index (χ1) is 15.9. The number of hydrogen-bond donors (Lipinski definition) is 2. The molecular weight excluding hydrogens is 420 g/mol. The van der Waals surface area contributed by atoms with Crippen LogP contribution in [0.4, 0.5) is 0 Å². The van der Waals surface area contributed by atoms with E-state index in [9.17, 15) is 10.4 Å². The van der Waals surface area contributed by atoms with Crippen LogP contribution < -0.4 is 0 Å². The quantitative estimate of drug-likeness (QED) is 0.187. The van der Waals surface area contributed by atoms with Crippen LogP contribution in [0.5, 0.6) is 0 Å². The van der Waals surface area contributed by atoms with Crippen molar-refractivity contribution >= 4 is 11.9 Å². The van der Waals surface area contributed by atoms with E-state index in [1.807, 2.05) is 6.21 Å². The van der Waals surface area contributed by atoms with Gasteiger partial charge in [-0.3, -0.25) is 0 Å². The van der Waals surface area contributed by atoms with E-state index >= 15 is 0 Å². The zero-order valence-corrected chi connectivity index (χ0v) is 22.5. The maximum Gasteiger partial charge on any atom is 0.0630 e. The van der Waals surface area contributed by atoms with Crippen molar-refractivity contribution in [1.82, 2.24) is 0 Å². The van der Waals surface area contributed by atoms with Crippen molar-refractivity contribution in [2.24, 2.45) is 67.0 Å². The number of fused-ring (bicyclic) bond motifs is 7. The fraction of sp³-hybridized carbons (Fsp3) is 0.867. The van der Waals surface area contributed by atoms with E-state index in [0.29, 0.717) is 45.8 Å². The lowest BCUT2D eigenvalue weighted by Gasteiger charge is -2.72. The lowest BCUT2D eigenvalue weighted by atomic mass is 9.32. The molecule has 5 aliphatic carbocycles. The van der Waals surface area contributed by atoms with Crippen LogP contribution in [0.1, 0.15) is 106 Å². The second kappa shape index (κ2) is 7.59. The zero-order chi connectivity index (χ0) is 24.7. The second-order valence-electron chi connectivity index (χ2n) is 14.4. The topological polar surface area (TPSA) is 65.2 Å². The standard InChI is InChI=1S/C30H48N2O2/c1-19(2)20-10-15-30(18-31-33)17-16-28(6)21(25(20)30)8-9-23-27(5)13-12-24(32-34)26(3,4)22(27)11-14-29(23,28)7/h18,20-23,25,33-34H,1,8-17H2,2-7H3/b31-18+,32-24+/t20-,21+,22-,23?,25?,27-,28+,29+,30+/m0/s1. The average molecular weight is 469 g/mol. The molecule has 5 aliphatic rings. The van der Waals surface area contributed by atoms with Crippen molar-refractivity contribution < 1.29 is 10.4 Å². The molecule has 4 nitrogen and oxygen atoms in total. The van der Waals surface area contributed by atoms with Crippen LogP contribution in [-0.2, 0) is 0 Å². The number of hydrogen-bond acceptors (Lipinski definition) is 4. The van der Waals surface area contributed by atoms with Crippen LogP contribution in [0.15, 0.2) is 22.5 Å². The molecule has 0 aromatic carbocycles. The molecule has 5 rings (SSSR count). The third kappa shape index (κ3) is 2.83. The highest BCUT2D eigenvalue weighted by Gasteiger charge is 2.70. The van der Waals surface area contributed by atoms with E-state index in [2.05, 4.69) is 58.4 Å². The summed E-state index contributed by atoms with van der Waals surface area (Å²) in [5.41, 5.74) is 3.27. The fourth-order valence-electron chi connectivity index (χ4n) is 11.5. The number of rotatable bonds is 2. The Kier molecular flexibility index (Phi) is 5.44. The normalized spacial score (nSPS) is 53.1. The van der Waals surface area contributed by atoms with Gasteiger partial charge in [-0.1, -0.05) is 51.9 Å². The molecule has 190 valence electrons. The molecule has 0 aliphatic heterocycles. The van der Waals surface area contributed by atoms with Gasteiger partial charge in [-0.05, 0) is 117 Å². The summed E-state index contributed by atoms with van der Waals surface area (Å²) in [5, 5.41) is 26.9. The predicted molar refractivity (Wildman–Crippen MR) is 138 cm³/mol. The van der Waals surface area contributed by atoms with E-state index in [0.717, 1.165) is 31.4 Å². The summed E-state index contributed by atoms with van der Waals surface area (Å²) in [6.45, 7) is 19.2. The molecular formula is C30H48N2O2. The van der Waals surface area contributed by atoms with Crippen LogP contribution in [0.2, 0.25) is 0 Å². The van der Waals surface area contributed by atoms with Crippen LogP contribution in [0, 0.1) is 56.7 Å².